The third-order valence-corrected chi connectivity index (χ3v) is 5.15. The van der Waals surface area contributed by atoms with Crippen LogP contribution in [0.3, 0.4) is 0 Å². The van der Waals surface area contributed by atoms with Crippen LogP contribution in [0, 0.1) is 0 Å². The summed E-state index contributed by atoms with van der Waals surface area (Å²) in [6, 6.07) is 0.675. The number of hydrogen-bond acceptors (Lipinski definition) is 5. The van der Waals surface area contributed by atoms with Crippen molar-refractivity contribution in [2.24, 2.45) is 0 Å². The van der Waals surface area contributed by atoms with E-state index >= 15 is 0 Å². The van der Waals surface area contributed by atoms with Gasteiger partial charge in [0, 0.05) is 33.0 Å². The number of Topliss-reactive ketones (excluding diaryl/α,β-unsaturated/α-hetero) is 1. The van der Waals surface area contributed by atoms with Gasteiger partial charge in [0.15, 0.2) is 5.78 Å². The van der Waals surface area contributed by atoms with Gasteiger partial charge in [-0.05, 0) is 26.3 Å². The number of carbonyl (C=O) groups is 1. The van der Waals surface area contributed by atoms with E-state index in [2.05, 4.69) is 16.8 Å². The van der Waals surface area contributed by atoms with Gasteiger partial charge in [0.25, 0.3) is 0 Å². The van der Waals surface area contributed by atoms with Crippen molar-refractivity contribution in [3.8, 4) is 0 Å². The molecule has 2 rings (SSSR count). The molecule has 1 fully saturated rings. The van der Waals surface area contributed by atoms with E-state index in [1.54, 1.807) is 14.0 Å². The molecule has 1 unspecified atom stereocenters. The number of piperidine rings is 1. The summed E-state index contributed by atoms with van der Waals surface area (Å²) in [5, 5.41) is 1.06. The molecule has 0 N–H and O–H groups in total. The van der Waals surface area contributed by atoms with Crippen LogP contribution in [0.2, 0.25) is 0 Å². The lowest BCUT2D eigenvalue weighted by Crippen LogP contribution is -2.38. The summed E-state index contributed by atoms with van der Waals surface area (Å²) >= 11 is 1.53. The molecule has 0 radical (unpaired) electrons. The fourth-order valence-electron chi connectivity index (χ4n) is 2.75. The van der Waals surface area contributed by atoms with Gasteiger partial charge in [0.1, 0.15) is 0 Å². The lowest BCUT2D eigenvalue weighted by Gasteiger charge is -2.32. The number of likely N-dealkylation sites (tertiary alicyclic amines) is 1. The van der Waals surface area contributed by atoms with Crippen molar-refractivity contribution in [2.75, 3.05) is 20.2 Å². The zero-order chi connectivity index (χ0) is 14.5. The highest BCUT2D eigenvalue weighted by Crippen LogP contribution is 2.22. The molecule has 112 valence electrons. The molecule has 0 aliphatic carbocycles. The molecule has 2 heterocycles. The Morgan fingerprint density at radius 2 is 2.30 bits per heavy atom. The first-order chi connectivity index (χ1) is 9.61. The van der Waals surface area contributed by atoms with Crippen molar-refractivity contribution in [1.82, 2.24) is 9.88 Å². The number of hydrogen-bond donors (Lipinski definition) is 0. The Kier molecular flexibility index (Phi) is 5.69. The summed E-state index contributed by atoms with van der Waals surface area (Å²) in [6.45, 7) is 6.56. The monoisotopic (exact) mass is 296 g/mol. The second-order valence-corrected chi connectivity index (χ2v) is 6.59. The first-order valence-electron chi connectivity index (χ1n) is 7.34. The summed E-state index contributed by atoms with van der Waals surface area (Å²) in [6.07, 6.45) is 4.88. The minimum Gasteiger partial charge on any atom is -0.378 e. The average molecular weight is 296 g/mol. The fraction of sp³-hybridized carbons (Fsp3) is 0.733. The van der Waals surface area contributed by atoms with Gasteiger partial charge >= 0.3 is 0 Å². The van der Waals surface area contributed by atoms with Crippen LogP contribution in [-0.4, -0.2) is 41.9 Å². The van der Waals surface area contributed by atoms with Crippen LogP contribution in [0.5, 0.6) is 0 Å². The van der Waals surface area contributed by atoms with Crippen LogP contribution in [0.15, 0.2) is 0 Å². The largest absolute Gasteiger partial charge is 0.378 e. The molecule has 1 atom stereocenters. The number of rotatable bonds is 6. The Morgan fingerprint density at radius 3 is 2.95 bits per heavy atom. The molecular weight excluding hydrogens is 272 g/mol. The predicted octanol–water partition coefficient (Wildman–Crippen LogP) is 2.91. The molecule has 1 aromatic rings. The summed E-state index contributed by atoms with van der Waals surface area (Å²) in [5.41, 5.74) is 0.798. The van der Waals surface area contributed by atoms with Crippen LogP contribution in [-0.2, 0) is 17.8 Å². The zero-order valence-electron chi connectivity index (χ0n) is 12.6. The molecule has 1 aromatic heterocycles. The quantitative estimate of drug-likeness (QED) is 0.757. The fourth-order valence-corrected chi connectivity index (χ4v) is 3.70. The minimum absolute atomic E-state index is 0.0899. The number of nitrogens with zero attached hydrogens (tertiary/aromatic N) is 2. The topological polar surface area (TPSA) is 42.4 Å². The predicted molar refractivity (Wildman–Crippen MR) is 81.4 cm³/mol. The maximum absolute atomic E-state index is 11.6. The summed E-state index contributed by atoms with van der Waals surface area (Å²) in [5.74, 6) is 0.0899. The lowest BCUT2D eigenvalue weighted by atomic mass is 10.0. The van der Waals surface area contributed by atoms with Gasteiger partial charge in [0.2, 0.25) is 0 Å². The van der Waals surface area contributed by atoms with Gasteiger partial charge in [-0.1, -0.05) is 6.42 Å². The Balaban J connectivity index is 1.98. The van der Waals surface area contributed by atoms with Crippen molar-refractivity contribution in [3.05, 3.63) is 15.6 Å². The molecule has 0 saturated carbocycles. The maximum atomic E-state index is 11.6. The Labute approximate surface area is 125 Å². The normalized spacial score (nSPS) is 20.2. The van der Waals surface area contributed by atoms with Crippen LogP contribution in [0.1, 0.15) is 53.5 Å². The molecule has 1 aliphatic heterocycles. The van der Waals surface area contributed by atoms with Crippen LogP contribution >= 0.6 is 11.3 Å². The van der Waals surface area contributed by atoms with Crippen molar-refractivity contribution >= 4 is 17.1 Å². The number of aromatic nitrogens is 1. The first-order valence-corrected chi connectivity index (χ1v) is 8.16. The van der Waals surface area contributed by atoms with Gasteiger partial charge in [-0.25, -0.2) is 4.98 Å². The molecule has 5 heteroatoms. The average Bonchev–Trinajstić information content (AvgIpc) is 2.82. The standard InChI is InChI=1S/C15H24N2O2S/c1-11-6-4-5-8-17(11)9-7-14-16-13(10-19-3)15(20-14)12(2)18/h11H,4-10H2,1-3H3. The molecule has 1 aliphatic rings. The highest BCUT2D eigenvalue weighted by atomic mass is 32.1. The Bertz CT molecular complexity index is 459. The number of ketones is 1. The van der Waals surface area contributed by atoms with E-state index in [4.69, 9.17) is 4.74 Å². The first kappa shape index (κ1) is 15.6. The van der Waals surface area contributed by atoms with Crippen LogP contribution in [0.4, 0.5) is 0 Å². The number of methoxy groups -OCH3 is 1. The van der Waals surface area contributed by atoms with Crippen molar-refractivity contribution in [3.63, 3.8) is 0 Å². The Morgan fingerprint density at radius 1 is 1.50 bits per heavy atom. The van der Waals surface area contributed by atoms with E-state index in [0.29, 0.717) is 12.6 Å². The van der Waals surface area contributed by atoms with E-state index in [1.807, 2.05) is 0 Å². The summed E-state index contributed by atoms with van der Waals surface area (Å²) < 4.78 is 5.13. The van der Waals surface area contributed by atoms with E-state index in [0.717, 1.165) is 28.5 Å². The molecular formula is C15H24N2O2S. The molecule has 0 aromatic carbocycles. The minimum atomic E-state index is 0.0899. The number of carbonyl (C=O) groups excluding carboxylic acids is 1. The Hall–Kier alpha value is -0.780. The second kappa shape index (κ2) is 7.29. The molecule has 20 heavy (non-hydrogen) atoms. The van der Waals surface area contributed by atoms with Crippen molar-refractivity contribution < 1.29 is 9.53 Å². The summed E-state index contributed by atoms with van der Waals surface area (Å²) in [7, 11) is 1.64. The smallest absolute Gasteiger partial charge is 0.171 e. The van der Waals surface area contributed by atoms with E-state index in [9.17, 15) is 4.79 Å². The van der Waals surface area contributed by atoms with E-state index in [-0.39, 0.29) is 5.78 Å². The van der Waals surface area contributed by atoms with Crippen LogP contribution < -0.4 is 0 Å². The van der Waals surface area contributed by atoms with Gasteiger partial charge in [-0.3, -0.25) is 4.79 Å². The SMILES string of the molecule is COCc1nc(CCN2CCCCC2C)sc1C(C)=O. The molecule has 0 bridgehead atoms. The highest BCUT2D eigenvalue weighted by molar-refractivity contribution is 7.13. The van der Waals surface area contributed by atoms with Crippen LogP contribution in [0.25, 0.3) is 0 Å². The molecule has 1 saturated heterocycles. The van der Waals surface area contributed by atoms with E-state index in [1.165, 1.54) is 37.1 Å². The lowest BCUT2D eigenvalue weighted by molar-refractivity contribution is 0.101. The number of ether oxygens (including phenoxy) is 1. The van der Waals surface area contributed by atoms with Gasteiger partial charge < -0.3 is 9.64 Å². The summed E-state index contributed by atoms with van der Waals surface area (Å²) in [4.78, 5) is 19.5. The third-order valence-electron chi connectivity index (χ3n) is 3.90. The zero-order valence-corrected chi connectivity index (χ0v) is 13.5. The molecule has 0 amide bonds. The maximum Gasteiger partial charge on any atom is 0.171 e. The van der Waals surface area contributed by atoms with Gasteiger partial charge in [-0.2, -0.15) is 0 Å². The molecule has 0 spiro atoms. The number of thiazole rings is 1. The third kappa shape index (κ3) is 3.87. The molecule has 4 nitrogen and oxygen atoms in total. The van der Waals surface area contributed by atoms with Crippen molar-refractivity contribution in [2.45, 2.75) is 52.2 Å². The highest BCUT2D eigenvalue weighted by Gasteiger charge is 2.19. The van der Waals surface area contributed by atoms with Crippen molar-refractivity contribution in [1.29, 1.82) is 0 Å². The second-order valence-electron chi connectivity index (χ2n) is 5.50. The van der Waals surface area contributed by atoms with Gasteiger partial charge in [-0.15, -0.1) is 11.3 Å². The van der Waals surface area contributed by atoms with E-state index < -0.39 is 0 Å². The van der Waals surface area contributed by atoms with Gasteiger partial charge in [0.05, 0.1) is 22.2 Å².